The lowest BCUT2D eigenvalue weighted by molar-refractivity contribution is 0.179. The van der Waals surface area contributed by atoms with Crippen molar-refractivity contribution in [2.75, 3.05) is 0 Å². The number of rotatable bonds is 19. The first-order valence-corrected chi connectivity index (χ1v) is 12.5. The highest BCUT2D eigenvalue weighted by Gasteiger charge is 2.23. The second kappa shape index (κ2) is 17.0. The Morgan fingerprint density at radius 2 is 1.04 bits per heavy atom. The predicted octanol–water partition coefficient (Wildman–Crippen LogP) is 6.28. The van der Waals surface area contributed by atoms with E-state index < -0.39 is 21.5 Å². The van der Waals surface area contributed by atoms with Gasteiger partial charge < -0.3 is 5.11 Å². The Morgan fingerprint density at radius 1 is 0.692 bits per heavy atom. The molecule has 0 aliphatic rings. The van der Waals surface area contributed by atoms with E-state index in [1.807, 2.05) is 0 Å². The van der Waals surface area contributed by atoms with Crippen molar-refractivity contribution >= 4 is 10.1 Å². The molecule has 26 heavy (non-hydrogen) atoms. The average molecular weight is 393 g/mol. The van der Waals surface area contributed by atoms with Gasteiger partial charge in [-0.1, -0.05) is 103 Å². The van der Waals surface area contributed by atoms with Crippen LogP contribution in [0.2, 0.25) is 0 Å². The first kappa shape index (κ1) is 25.9. The van der Waals surface area contributed by atoms with Crippen LogP contribution in [0.1, 0.15) is 123 Å². The normalized spacial score (nSPS) is 14.5. The minimum atomic E-state index is -4.04. The maximum Gasteiger partial charge on any atom is 0.267 e. The Balaban J connectivity index is 3.40. The molecule has 5 heteroatoms. The molecule has 0 radical (unpaired) electrons. The third-order valence-corrected chi connectivity index (χ3v) is 6.43. The van der Waals surface area contributed by atoms with Gasteiger partial charge >= 0.3 is 0 Å². The number of aliphatic hydroxyl groups is 1. The topological polar surface area (TPSA) is 74.6 Å². The summed E-state index contributed by atoms with van der Waals surface area (Å²) < 4.78 is 31.8. The molecule has 0 aromatic carbocycles. The molecule has 2 atom stereocenters. The molecule has 158 valence electrons. The molecule has 2 unspecified atom stereocenters. The molecular formula is C21H44O4S. The van der Waals surface area contributed by atoms with E-state index in [2.05, 4.69) is 6.92 Å². The van der Waals surface area contributed by atoms with Crippen molar-refractivity contribution in [3.63, 3.8) is 0 Å². The summed E-state index contributed by atoms with van der Waals surface area (Å²) in [6.45, 7) is 3.82. The third-order valence-electron chi connectivity index (χ3n) is 5.15. The van der Waals surface area contributed by atoms with Crippen LogP contribution in [0.4, 0.5) is 0 Å². The van der Waals surface area contributed by atoms with Gasteiger partial charge in [0.1, 0.15) is 0 Å². The van der Waals surface area contributed by atoms with E-state index >= 15 is 0 Å². The van der Waals surface area contributed by atoms with Gasteiger partial charge in [0.05, 0.1) is 11.4 Å². The Bertz CT molecular complexity index is 393. The molecule has 0 amide bonds. The Labute approximate surface area is 162 Å². The van der Waals surface area contributed by atoms with Crippen molar-refractivity contribution in [3.05, 3.63) is 0 Å². The Kier molecular flexibility index (Phi) is 16.9. The van der Waals surface area contributed by atoms with Crippen molar-refractivity contribution < 1.29 is 18.1 Å². The molecule has 0 fully saturated rings. The highest BCUT2D eigenvalue weighted by molar-refractivity contribution is 7.86. The zero-order valence-electron chi connectivity index (χ0n) is 17.3. The van der Waals surface area contributed by atoms with Crippen LogP contribution in [-0.4, -0.2) is 29.4 Å². The summed E-state index contributed by atoms with van der Waals surface area (Å²) in [6.07, 6.45) is 19.0. The number of hydrogen-bond donors (Lipinski definition) is 2. The van der Waals surface area contributed by atoms with E-state index in [1.165, 1.54) is 77.0 Å². The molecule has 0 saturated carbocycles. The van der Waals surface area contributed by atoms with Crippen molar-refractivity contribution in [1.29, 1.82) is 0 Å². The fourth-order valence-electron chi connectivity index (χ4n) is 3.51. The van der Waals surface area contributed by atoms with Gasteiger partial charge in [0.2, 0.25) is 0 Å². The lowest BCUT2D eigenvalue weighted by atomic mass is 10.0. The molecule has 2 N–H and O–H groups in total. The van der Waals surface area contributed by atoms with Crippen LogP contribution >= 0.6 is 0 Å². The smallest absolute Gasteiger partial charge is 0.267 e. The fourth-order valence-corrected chi connectivity index (χ4v) is 4.50. The van der Waals surface area contributed by atoms with Crippen LogP contribution < -0.4 is 0 Å². The molecule has 0 aliphatic heterocycles. The van der Waals surface area contributed by atoms with E-state index in [1.54, 1.807) is 6.92 Å². The highest BCUT2D eigenvalue weighted by atomic mass is 32.2. The van der Waals surface area contributed by atoms with Gasteiger partial charge in [0, 0.05) is 0 Å². The van der Waals surface area contributed by atoms with Gasteiger partial charge in [-0.05, 0) is 19.8 Å². The number of aliphatic hydroxyl groups excluding tert-OH is 1. The summed E-state index contributed by atoms with van der Waals surface area (Å²) in [5, 5.41) is 8.52. The van der Waals surface area contributed by atoms with Crippen molar-refractivity contribution in [2.24, 2.45) is 0 Å². The summed E-state index contributed by atoms with van der Waals surface area (Å²) in [5.41, 5.74) is 0. The van der Waals surface area contributed by atoms with Gasteiger partial charge in [0.15, 0.2) is 0 Å². The van der Waals surface area contributed by atoms with Gasteiger partial charge in [-0.2, -0.15) is 8.42 Å². The second-order valence-corrected chi connectivity index (χ2v) is 9.66. The van der Waals surface area contributed by atoms with Crippen molar-refractivity contribution in [2.45, 2.75) is 134 Å². The zero-order valence-corrected chi connectivity index (χ0v) is 18.1. The van der Waals surface area contributed by atoms with Crippen LogP contribution in [-0.2, 0) is 10.1 Å². The molecule has 0 aromatic heterocycles. The van der Waals surface area contributed by atoms with E-state index in [0.29, 0.717) is 6.42 Å². The van der Waals surface area contributed by atoms with Crippen LogP contribution in [0.5, 0.6) is 0 Å². The number of hydrogen-bond acceptors (Lipinski definition) is 3. The van der Waals surface area contributed by atoms with E-state index in [-0.39, 0.29) is 6.42 Å². The minimum absolute atomic E-state index is 0.122. The van der Waals surface area contributed by atoms with E-state index in [9.17, 15) is 18.1 Å². The standard InChI is InChI=1S/C21H44O4S/c1-3-4-5-6-7-8-9-10-11-12-13-14-15-16-17-18-21(19-20(2)22)26(23,24)25/h20-22H,3-19H2,1-2H3,(H,23,24,25). The van der Waals surface area contributed by atoms with Crippen LogP contribution in [0.3, 0.4) is 0 Å². The Morgan fingerprint density at radius 3 is 1.35 bits per heavy atom. The van der Waals surface area contributed by atoms with Crippen molar-refractivity contribution in [3.8, 4) is 0 Å². The lowest BCUT2D eigenvalue weighted by Gasteiger charge is -2.15. The summed E-state index contributed by atoms with van der Waals surface area (Å²) in [7, 11) is -4.04. The predicted molar refractivity (Wildman–Crippen MR) is 111 cm³/mol. The highest BCUT2D eigenvalue weighted by Crippen LogP contribution is 2.18. The zero-order chi connectivity index (χ0) is 19.7. The van der Waals surface area contributed by atoms with Crippen LogP contribution in [0.25, 0.3) is 0 Å². The second-order valence-electron chi connectivity index (χ2n) is 7.96. The summed E-state index contributed by atoms with van der Waals surface area (Å²) in [5.74, 6) is 0. The number of unbranched alkanes of at least 4 members (excludes halogenated alkanes) is 14. The monoisotopic (exact) mass is 392 g/mol. The van der Waals surface area contributed by atoms with E-state index in [0.717, 1.165) is 19.3 Å². The summed E-state index contributed by atoms with van der Waals surface area (Å²) in [6, 6.07) is 0. The maximum atomic E-state index is 11.3. The fraction of sp³-hybridized carbons (Fsp3) is 1.00. The van der Waals surface area contributed by atoms with Gasteiger partial charge in [-0.15, -0.1) is 0 Å². The molecule has 0 aromatic rings. The summed E-state index contributed by atoms with van der Waals surface area (Å²) >= 11 is 0. The molecule has 0 heterocycles. The molecule has 0 spiro atoms. The lowest BCUT2D eigenvalue weighted by Crippen LogP contribution is -2.24. The largest absolute Gasteiger partial charge is 0.393 e. The molecule has 4 nitrogen and oxygen atoms in total. The quantitative estimate of drug-likeness (QED) is 0.200. The van der Waals surface area contributed by atoms with Crippen LogP contribution in [0, 0.1) is 0 Å². The first-order valence-electron chi connectivity index (χ1n) is 11.0. The molecular weight excluding hydrogens is 348 g/mol. The van der Waals surface area contributed by atoms with Gasteiger partial charge in [-0.3, -0.25) is 4.55 Å². The Hall–Kier alpha value is -0.130. The molecule has 0 bridgehead atoms. The van der Waals surface area contributed by atoms with Crippen LogP contribution in [0.15, 0.2) is 0 Å². The summed E-state index contributed by atoms with van der Waals surface area (Å²) in [4.78, 5) is 0. The van der Waals surface area contributed by atoms with Gasteiger partial charge in [0.25, 0.3) is 10.1 Å². The molecule has 0 saturated heterocycles. The molecule has 0 rings (SSSR count). The minimum Gasteiger partial charge on any atom is -0.393 e. The third kappa shape index (κ3) is 17.3. The SMILES string of the molecule is CCCCCCCCCCCCCCCCCC(CC(C)O)S(=O)(=O)O. The van der Waals surface area contributed by atoms with Crippen molar-refractivity contribution in [1.82, 2.24) is 0 Å². The molecule has 0 aliphatic carbocycles. The first-order chi connectivity index (χ1) is 12.4. The average Bonchev–Trinajstić information content (AvgIpc) is 2.56. The maximum absolute atomic E-state index is 11.3. The van der Waals surface area contributed by atoms with E-state index in [4.69, 9.17) is 0 Å². The van der Waals surface area contributed by atoms with Gasteiger partial charge in [-0.25, -0.2) is 0 Å².